The third-order valence-corrected chi connectivity index (χ3v) is 5.04. The van der Waals surface area contributed by atoms with Crippen LogP contribution >= 0.6 is 11.8 Å². The first-order chi connectivity index (χ1) is 10.2. The smallest absolute Gasteiger partial charge is 0.0992 e. The van der Waals surface area contributed by atoms with E-state index in [0.717, 1.165) is 23.4 Å². The predicted octanol–water partition coefficient (Wildman–Crippen LogP) is 4.24. The zero-order valence-electron chi connectivity index (χ0n) is 12.7. The van der Waals surface area contributed by atoms with Crippen LogP contribution in [0, 0.1) is 13.8 Å². The zero-order chi connectivity index (χ0) is 14.7. The normalized spacial score (nSPS) is 14.4. The van der Waals surface area contributed by atoms with Crippen LogP contribution in [0.3, 0.4) is 0 Å². The molecule has 110 valence electrons. The molecule has 0 saturated heterocycles. The largest absolute Gasteiger partial charge is 0.310 e. The van der Waals surface area contributed by atoms with E-state index in [-0.39, 0.29) is 0 Å². The first kappa shape index (κ1) is 14.6. The fraction of sp³-hybridized carbons (Fsp3) is 0.389. The Morgan fingerprint density at radius 3 is 2.71 bits per heavy atom. The van der Waals surface area contributed by atoms with Crippen molar-refractivity contribution in [1.82, 2.24) is 10.3 Å². The molecule has 1 aliphatic rings. The monoisotopic (exact) mass is 298 g/mol. The number of aryl methyl sites for hydroxylation is 2. The summed E-state index contributed by atoms with van der Waals surface area (Å²) in [4.78, 5) is 4.64. The highest BCUT2D eigenvalue weighted by atomic mass is 32.2. The molecule has 0 unspecified atom stereocenters. The number of pyridine rings is 1. The summed E-state index contributed by atoms with van der Waals surface area (Å²) in [5.74, 6) is 0.986. The van der Waals surface area contributed by atoms with Crippen molar-refractivity contribution in [3.63, 3.8) is 0 Å². The maximum Gasteiger partial charge on any atom is 0.0992 e. The Morgan fingerprint density at radius 2 is 2.00 bits per heavy atom. The number of nitrogens with one attached hydrogen (secondary N) is 1. The average Bonchev–Trinajstić information content (AvgIpc) is 3.30. The standard InChI is InChI=1S/C18H22N2S/c1-13-5-3-4-6-16(13)12-21-18-14(2)9-15(11-20-18)10-19-17-7-8-17/h3-6,9,11,17,19H,7-8,10,12H2,1-2H3. The minimum Gasteiger partial charge on any atom is -0.310 e. The minimum absolute atomic E-state index is 0.750. The molecule has 0 radical (unpaired) electrons. The summed E-state index contributed by atoms with van der Waals surface area (Å²) in [5, 5.41) is 4.68. The predicted molar refractivity (Wildman–Crippen MR) is 89.6 cm³/mol. The van der Waals surface area contributed by atoms with Crippen molar-refractivity contribution in [3.05, 3.63) is 58.8 Å². The summed E-state index contributed by atoms with van der Waals surface area (Å²) in [5.41, 5.74) is 5.32. The van der Waals surface area contributed by atoms with Gasteiger partial charge in [0.1, 0.15) is 0 Å². The van der Waals surface area contributed by atoms with Gasteiger partial charge in [0, 0.05) is 24.5 Å². The molecule has 1 N–H and O–H groups in total. The molecule has 0 amide bonds. The molecule has 1 aromatic heterocycles. The lowest BCUT2D eigenvalue weighted by molar-refractivity contribution is 0.684. The Hall–Kier alpha value is -1.32. The van der Waals surface area contributed by atoms with Gasteiger partial charge in [-0.05, 0) is 48.9 Å². The lowest BCUT2D eigenvalue weighted by atomic mass is 10.1. The fourth-order valence-electron chi connectivity index (χ4n) is 2.34. The first-order valence-corrected chi connectivity index (χ1v) is 8.57. The van der Waals surface area contributed by atoms with E-state index in [4.69, 9.17) is 0 Å². The molecule has 3 heteroatoms. The van der Waals surface area contributed by atoms with Crippen LogP contribution in [0.2, 0.25) is 0 Å². The molecule has 1 aromatic carbocycles. The summed E-state index contributed by atoms with van der Waals surface area (Å²) in [7, 11) is 0. The molecular formula is C18H22N2S. The molecule has 1 heterocycles. The van der Waals surface area contributed by atoms with E-state index in [0.29, 0.717) is 0 Å². The number of hydrogen-bond acceptors (Lipinski definition) is 3. The van der Waals surface area contributed by atoms with Crippen LogP contribution < -0.4 is 5.32 Å². The second-order valence-electron chi connectivity index (χ2n) is 5.84. The number of nitrogens with zero attached hydrogens (tertiary/aromatic N) is 1. The maximum absolute atomic E-state index is 4.64. The molecule has 2 nitrogen and oxygen atoms in total. The number of aromatic nitrogens is 1. The summed E-state index contributed by atoms with van der Waals surface area (Å²) in [6.07, 6.45) is 4.68. The van der Waals surface area contributed by atoms with Gasteiger partial charge >= 0.3 is 0 Å². The third kappa shape index (κ3) is 4.08. The lowest BCUT2D eigenvalue weighted by Crippen LogP contribution is -2.15. The lowest BCUT2D eigenvalue weighted by Gasteiger charge is -2.09. The van der Waals surface area contributed by atoms with Gasteiger partial charge in [0.15, 0.2) is 0 Å². The Kier molecular flexibility index (Phi) is 4.61. The van der Waals surface area contributed by atoms with E-state index in [2.05, 4.69) is 54.5 Å². The van der Waals surface area contributed by atoms with Crippen molar-refractivity contribution < 1.29 is 0 Å². The van der Waals surface area contributed by atoms with Crippen molar-refractivity contribution in [1.29, 1.82) is 0 Å². The summed E-state index contributed by atoms with van der Waals surface area (Å²) in [6.45, 7) is 5.28. The average molecular weight is 298 g/mol. The molecule has 0 aliphatic heterocycles. The van der Waals surface area contributed by atoms with Crippen LogP contribution in [0.25, 0.3) is 0 Å². The minimum atomic E-state index is 0.750. The summed E-state index contributed by atoms with van der Waals surface area (Å²) < 4.78 is 0. The maximum atomic E-state index is 4.64. The topological polar surface area (TPSA) is 24.9 Å². The molecule has 21 heavy (non-hydrogen) atoms. The van der Waals surface area contributed by atoms with Crippen molar-refractivity contribution >= 4 is 11.8 Å². The van der Waals surface area contributed by atoms with Gasteiger partial charge in [-0.15, -0.1) is 11.8 Å². The first-order valence-electron chi connectivity index (χ1n) is 7.58. The molecule has 1 saturated carbocycles. The molecule has 1 aliphatic carbocycles. The second-order valence-corrected chi connectivity index (χ2v) is 6.80. The van der Waals surface area contributed by atoms with Crippen LogP contribution in [0.5, 0.6) is 0 Å². The zero-order valence-corrected chi connectivity index (χ0v) is 13.5. The molecule has 1 fully saturated rings. The molecule has 3 rings (SSSR count). The van der Waals surface area contributed by atoms with Crippen LogP contribution in [-0.2, 0) is 12.3 Å². The van der Waals surface area contributed by atoms with Crippen molar-refractivity contribution in [2.45, 2.75) is 50.1 Å². The highest BCUT2D eigenvalue weighted by molar-refractivity contribution is 7.98. The Balaban J connectivity index is 1.61. The van der Waals surface area contributed by atoms with Gasteiger partial charge in [0.2, 0.25) is 0 Å². The van der Waals surface area contributed by atoms with E-state index < -0.39 is 0 Å². The van der Waals surface area contributed by atoms with Gasteiger partial charge in [-0.3, -0.25) is 0 Å². The van der Waals surface area contributed by atoms with Gasteiger partial charge in [-0.2, -0.15) is 0 Å². The number of benzene rings is 1. The van der Waals surface area contributed by atoms with Gasteiger partial charge in [0.25, 0.3) is 0 Å². The molecule has 0 spiro atoms. The highest BCUT2D eigenvalue weighted by Crippen LogP contribution is 2.26. The number of thioether (sulfide) groups is 1. The van der Waals surface area contributed by atoms with E-state index in [1.165, 1.54) is 35.1 Å². The summed E-state index contributed by atoms with van der Waals surface area (Å²) in [6, 6.07) is 11.6. The fourth-order valence-corrected chi connectivity index (χ4v) is 3.37. The Morgan fingerprint density at radius 1 is 1.19 bits per heavy atom. The number of hydrogen-bond donors (Lipinski definition) is 1. The van der Waals surface area contributed by atoms with Crippen molar-refractivity contribution in [3.8, 4) is 0 Å². The van der Waals surface area contributed by atoms with Crippen LogP contribution in [0.4, 0.5) is 0 Å². The van der Waals surface area contributed by atoms with E-state index in [9.17, 15) is 0 Å². The molecule has 0 atom stereocenters. The van der Waals surface area contributed by atoms with Crippen molar-refractivity contribution in [2.75, 3.05) is 0 Å². The third-order valence-electron chi connectivity index (χ3n) is 3.88. The molecule has 0 bridgehead atoms. The second kappa shape index (κ2) is 6.63. The Labute approximate surface area is 131 Å². The molecule has 2 aromatic rings. The Bertz CT molecular complexity index is 620. The van der Waals surface area contributed by atoms with Crippen molar-refractivity contribution in [2.24, 2.45) is 0 Å². The quantitative estimate of drug-likeness (QED) is 0.807. The van der Waals surface area contributed by atoms with Crippen LogP contribution in [0.1, 0.15) is 35.1 Å². The number of rotatable bonds is 6. The van der Waals surface area contributed by atoms with E-state index in [1.807, 2.05) is 18.0 Å². The highest BCUT2D eigenvalue weighted by Gasteiger charge is 2.20. The van der Waals surface area contributed by atoms with E-state index in [1.54, 1.807) is 0 Å². The summed E-state index contributed by atoms with van der Waals surface area (Å²) >= 11 is 1.83. The van der Waals surface area contributed by atoms with Gasteiger partial charge < -0.3 is 5.32 Å². The van der Waals surface area contributed by atoms with Gasteiger partial charge in [-0.25, -0.2) is 4.98 Å². The molecular weight excluding hydrogens is 276 g/mol. The van der Waals surface area contributed by atoms with Crippen LogP contribution in [0.15, 0.2) is 41.6 Å². The van der Waals surface area contributed by atoms with Gasteiger partial charge in [0.05, 0.1) is 5.03 Å². The van der Waals surface area contributed by atoms with E-state index >= 15 is 0 Å². The SMILES string of the molecule is Cc1ccccc1CSc1ncc(CNC2CC2)cc1C. The van der Waals surface area contributed by atoms with Gasteiger partial charge in [-0.1, -0.05) is 30.3 Å². The van der Waals surface area contributed by atoms with Crippen LogP contribution in [-0.4, -0.2) is 11.0 Å².